The number of nitrogens with zero attached hydrogens (tertiary/aromatic N) is 6. The summed E-state index contributed by atoms with van der Waals surface area (Å²) in [5.41, 5.74) is 2.10. The van der Waals surface area contributed by atoms with Gasteiger partial charge in [-0.3, -0.25) is 18.9 Å². The molecule has 0 unspecified atom stereocenters. The second-order valence-electron chi connectivity index (χ2n) is 12.7. The molecule has 0 aliphatic carbocycles. The molecule has 0 aliphatic heterocycles. The van der Waals surface area contributed by atoms with Gasteiger partial charge >= 0.3 is 6.03 Å². The number of aliphatic hydroxyl groups is 6. The second kappa shape index (κ2) is 29.0. The number of rotatable bonds is 22. The number of nitrogens with one attached hydrogen (secondary N) is 2. The summed E-state index contributed by atoms with van der Waals surface area (Å²) in [5, 5.41) is 72.5. The average molecular weight is 939 g/mol. The Morgan fingerprint density at radius 2 is 0.750 bits per heavy atom. The van der Waals surface area contributed by atoms with Gasteiger partial charge in [0.1, 0.15) is 11.5 Å². The molecule has 2 amide bonds. The molecule has 25 heteroatoms. The monoisotopic (exact) mass is 938 g/mol. The van der Waals surface area contributed by atoms with E-state index < -0.39 is 26.3 Å². The molecule has 23 nitrogen and oxygen atoms in total. The van der Waals surface area contributed by atoms with Gasteiger partial charge in [0.25, 0.3) is 20.2 Å². The van der Waals surface area contributed by atoms with Gasteiger partial charge in [0.15, 0.2) is 0 Å². The lowest BCUT2D eigenvalue weighted by Gasteiger charge is -2.17. The molecule has 10 N–H and O–H groups in total. The Bertz CT molecular complexity index is 2100. The fraction of sp³-hybridized carbons (Fsp3) is 0.359. The van der Waals surface area contributed by atoms with E-state index in [0.717, 1.165) is 0 Å². The summed E-state index contributed by atoms with van der Waals surface area (Å²) < 4.78 is 73.5. The number of benzene rings is 4. The molecule has 4 aromatic rings. The number of amides is 2. The molecule has 0 spiro atoms. The molecular formula is C39H54N8O15S2. The van der Waals surface area contributed by atoms with Gasteiger partial charge in [-0.2, -0.15) is 37.3 Å². The third-order valence-electron chi connectivity index (χ3n) is 8.20. The van der Waals surface area contributed by atoms with Crippen LogP contribution in [0.2, 0.25) is 0 Å². The summed E-state index contributed by atoms with van der Waals surface area (Å²) in [7, 11) is -5.82. The number of aliphatic hydroxyl groups excluding tert-OH is 6. The van der Waals surface area contributed by atoms with Crippen LogP contribution in [-0.2, 0) is 20.2 Å². The Kier molecular flexibility index (Phi) is 24.7. The SMILES string of the molecule is COc1cc(N=Nc2ccc(S(=O)(=O)O)cc2)ccc1NC(=O)Nc1ccc(N=Nc2ccc(S(=O)(=O)O)cc2)cc1OC.OCCN(CCO)CCO.OCCN(CCO)CCO. The number of anilines is 2. The van der Waals surface area contributed by atoms with Crippen LogP contribution in [0, 0.1) is 0 Å². The molecule has 0 bridgehead atoms. The smallest absolute Gasteiger partial charge is 0.323 e. The molecule has 0 radical (unpaired) electrons. The molecule has 352 valence electrons. The number of methoxy groups -OCH3 is 2. The second-order valence-corrected chi connectivity index (χ2v) is 15.6. The van der Waals surface area contributed by atoms with Crippen molar-refractivity contribution < 1.29 is 70.8 Å². The van der Waals surface area contributed by atoms with Crippen molar-refractivity contribution in [1.82, 2.24) is 9.80 Å². The highest BCUT2D eigenvalue weighted by atomic mass is 32.2. The first-order valence-corrected chi connectivity index (χ1v) is 22.0. The number of hydrogen-bond donors (Lipinski definition) is 10. The van der Waals surface area contributed by atoms with E-state index in [1.54, 1.807) is 34.1 Å². The van der Waals surface area contributed by atoms with Crippen molar-refractivity contribution in [2.24, 2.45) is 20.5 Å². The molecule has 0 saturated carbocycles. The zero-order valence-corrected chi connectivity index (χ0v) is 36.6. The standard InChI is InChI=1S/C27H24N6O9S2.2C6H15NO3/c1-41-25-15-19(32-30-17-3-9-21(10-4-17)43(35,36)37)7-13-23(25)28-27(34)29-24-14-8-20(16-26(24)42-2)33-31-18-5-11-22(12-6-18)44(38,39)40;2*8-4-1-7(2-5-9)3-6-10/h3-16H,1-2H3,(H2,28,29,34)(H,35,36,37)(H,38,39,40);2*8-10H,1-6H2. The fourth-order valence-corrected chi connectivity index (χ4v) is 6.05. The third-order valence-corrected chi connectivity index (χ3v) is 9.93. The zero-order valence-electron chi connectivity index (χ0n) is 35.0. The van der Waals surface area contributed by atoms with Gasteiger partial charge < -0.3 is 50.7 Å². The van der Waals surface area contributed by atoms with Gasteiger partial charge in [-0.25, -0.2) is 4.79 Å². The van der Waals surface area contributed by atoms with Gasteiger partial charge in [-0.15, -0.1) is 0 Å². The number of urea groups is 1. The van der Waals surface area contributed by atoms with Crippen LogP contribution in [0.25, 0.3) is 0 Å². The maximum Gasteiger partial charge on any atom is 0.323 e. The van der Waals surface area contributed by atoms with Gasteiger partial charge in [0.05, 0.1) is 97.8 Å². The van der Waals surface area contributed by atoms with E-state index in [1.165, 1.54) is 74.9 Å². The minimum atomic E-state index is -4.32. The van der Waals surface area contributed by atoms with Crippen molar-refractivity contribution in [3.05, 3.63) is 84.9 Å². The summed E-state index contributed by atoms with van der Waals surface area (Å²) in [6.07, 6.45) is 0. The van der Waals surface area contributed by atoms with Crippen LogP contribution < -0.4 is 20.1 Å². The van der Waals surface area contributed by atoms with Gasteiger partial charge in [0, 0.05) is 51.4 Å². The van der Waals surface area contributed by atoms with Crippen LogP contribution in [0.4, 0.5) is 38.9 Å². The Balaban J connectivity index is 0.000000581. The van der Waals surface area contributed by atoms with Crippen LogP contribution >= 0.6 is 0 Å². The number of carbonyl (C=O) groups excluding carboxylic acids is 1. The highest BCUT2D eigenvalue weighted by molar-refractivity contribution is 7.86. The number of hydrogen-bond acceptors (Lipinski definition) is 19. The van der Waals surface area contributed by atoms with Crippen molar-refractivity contribution in [1.29, 1.82) is 0 Å². The Morgan fingerprint density at radius 1 is 0.484 bits per heavy atom. The number of ether oxygens (including phenoxy) is 2. The summed E-state index contributed by atoms with van der Waals surface area (Å²) in [5.74, 6) is 0.566. The molecule has 0 aromatic heterocycles. The van der Waals surface area contributed by atoms with E-state index in [-0.39, 0.29) is 60.9 Å². The van der Waals surface area contributed by atoms with Crippen molar-refractivity contribution in [3.63, 3.8) is 0 Å². The lowest BCUT2D eigenvalue weighted by molar-refractivity contribution is 0.136. The van der Waals surface area contributed by atoms with Crippen molar-refractivity contribution in [2.45, 2.75) is 9.79 Å². The first-order chi connectivity index (χ1) is 30.5. The first-order valence-electron chi connectivity index (χ1n) is 19.1. The first kappa shape index (κ1) is 54.6. The summed E-state index contributed by atoms with van der Waals surface area (Å²) in [6.45, 7) is 3.51. The number of carbonyl (C=O) groups is 1. The molecule has 4 rings (SSSR count). The quantitative estimate of drug-likeness (QED) is 0.0399. The Hall–Kier alpha value is -5.55. The van der Waals surface area contributed by atoms with E-state index in [4.69, 9.17) is 49.2 Å². The average Bonchev–Trinajstić information content (AvgIpc) is 3.26. The molecule has 0 saturated heterocycles. The largest absolute Gasteiger partial charge is 0.494 e. The summed E-state index contributed by atoms with van der Waals surface area (Å²) >= 11 is 0. The van der Waals surface area contributed by atoms with Gasteiger partial charge in [-0.1, -0.05) is 0 Å². The summed E-state index contributed by atoms with van der Waals surface area (Å²) in [4.78, 5) is 15.8. The van der Waals surface area contributed by atoms with E-state index in [0.29, 0.717) is 73.4 Å². The van der Waals surface area contributed by atoms with E-state index in [1.807, 2.05) is 0 Å². The highest BCUT2D eigenvalue weighted by Gasteiger charge is 2.13. The molecule has 0 heterocycles. The summed E-state index contributed by atoms with van der Waals surface area (Å²) in [6, 6.07) is 19.0. The van der Waals surface area contributed by atoms with Crippen LogP contribution in [0.3, 0.4) is 0 Å². The topological polar surface area (TPSA) is 346 Å². The van der Waals surface area contributed by atoms with E-state index in [2.05, 4.69) is 31.1 Å². The fourth-order valence-electron chi connectivity index (χ4n) is 5.09. The third kappa shape index (κ3) is 20.3. The maximum atomic E-state index is 12.8. The van der Waals surface area contributed by atoms with E-state index >= 15 is 0 Å². The van der Waals surface area contributed by atoms with Gasteiger partial charge in [0.2, 0.25) is 0 Å². The maximum absolute atomic E-state index is 12.8. The van der Waals surface area contributed by atoms with Crippen LogP contribution in [0.5, 0.6) is 11.5 Å². The molecular weight excluding hydrogens is 885 g/mol. The normalized spacial score (nSPS) is 11.6. The lowest BCUT2D eigenvalue weighted by Crippen LogP contribution is -2.32. The molecule has 0 atom stereocenters. The Morgan fingerprint density at radius 3 is 1.00 bits per heavy atom. The van der Waals surface area contributed by atoms with Crippen molar-refractivity contribution in [2.75, 3.05) is 104 Å². The molecule has 4 aromatic carbocycles. The number of azo groups is 2. The lowest BCUT2D eigenvalue weighted by atomic mass is 10.2. The zero-order chi connectivity index (χ0) is 47.5. The molecule has 0 fully saturated rings. The Labute approximate surface area is 370 Å². The minimum absolute atomic E-state index is 0.0694. The van der Waals surface area contributed by atoms with Crippen molar-refractivity contribution in [3.8, 4) is 11.5 Å². The van der Waals surface area contributed by atoms with Gasteiger partial charge in [-0.05, 0) is 72.8 Å². The predicted molar refractivity (Wildman–Crippen MR) is 235 cm³/mol. The van der Waals surface area contributed by atoms with Crippen LogP contribution in [-0.4, -0.2) is 166 Å². The van der Waals surface area contributed by atoms with Crippen LogP contribution in [0.15, 0.2) is 115 Å². The van der Waals surface area contributed by atoms with Crippen LogP contribution in [0.1, 0.15) is 0 Å². The predicted octanol–water partition coefficient (Wildman–Crippen LogP) is 3.20. The molecule has 0 aliphatic rings. The molecule has 64 heavy (non-hydrogen) atoms. The van der Waals surface area contributed by atoms with Crippen molar-refractivity contribution >= 4 is 60.4 Å². The highest BCUT2D eigenvalue weighted by Crippen LogP contribution is 2.33. The van der Waals surface area contributed by atoms with E-state index in [9.17, 15) is 21.6 Å². The minimum Gasteiger partial charge on any atom is -0.494 e.